The molecule has 0 saturated heterocycles. The van der Waals surface area contributed by atoms with E-state index in [1.807, 2.05) is 0 Å². The van der Waals surface area contributed by atoms with Crippen molar-refractivity contribution < 1.29 is 33.6 Å². The van der Waals surface area contributed by atoms with Gasteiger partial charge in [-0.05, 0) is 93.5 Å². The number of phenols is 1. The number of allylic oxidation sites excluding steroid dienone is 1. The summed E-state index contributed by atoms with van der Waals surface area (Å²) in [7, 11) is 0. The molecule has 15 nitrogen and oxygen atoms in total. The number of amides is 3. The quantitative estimate of drug-likeness (QED) is 0.0173. The third kappa shape index (κ3) is 20.9. The fraction of sp³-hybridized carbons (Fsp3) is 0.488. The number of nitrogens with zero attached hydrogens (tertiary/aromatic N) is 3. The maximum atomic E-state index is 12.4. The average molecular weight is 773 g/mol. The first-order valence-corrected chi connectivity index (χ1v) is 19.1. The number of urea groups is 1. The van der Waals surface area contributed by atoms with E-state index in [1.165, 1.54) is 29.8 Å². The van der Waals surface area contributed by atoms with Crippen molar-refractivity contribution in [2.75, 3.05) is 83.1 Å². The van der Waals surface area contributed by atoms with Crippen LogP contribution < -0.4 is 27.1 Å². The first-order chi connectivity index (χ1) is 27.5. The largest absolute Gasteiger partial charge is 0.508 e. The molecule has 7 N–H and O–H groups in total. The third-order valence-electron chi connectivity index (χ3n) is 8.39. The number of hydrogen-bond donors (Lipinski definition) is 6. The van der Waals surface area contributed by atoms with E-state index in [9.17, 15) is 14.7 Å². The summed E-state index contributed by atoms with van der Waals surface area (Å²) < 4.78 is 22.5. The molecule has 0 aliphatic heterocycles. The number of phenolic OH excluding ortho intramolecular Hbond substituents is 1. The molecule has 1 aliphatic rings. The van der Waals surface area contributed by atoms with Crippen LogP contribution in [-0.2, 0) is 23.7 Å². The smallest absolute Gasteiger partial charge is 0.319 e. The Morgan fingerprint density at radius 1 is 0.768 bits per heavy atom. The van der Waals surface area contributed by atoms with Gasteiger partial charge in [-0.3, -0.25) is 9.79 Å². The third-order valence-corrected chi connectivity index (χ3v) is 8.39. The number of nitriles is 1. The van der Waals surface area contributed by atoms with E-state index in [4.69, 9.17) is 30.1 Å². The second-order valence-corrected chi connectivity index (χ2v) is 12.7. The number of anilines is 2. The molecule has 3 amide bonds. The highest BCUT2D eigenvalue weighted by molar-refractivity contribution is 6.30. The molecule has 3 rings (SSSR count). The van der Waals surface area contributed by atoms with Crippen molar-refractivity contribution in [3.05, 3.63) is 65.4 Å². The van der Waals surface area contributed by atoms with Crippen LogP contribution in [0.1, 0.15) is 63.4 Å². The Hall–Kier alpha value is -5.45. The number of hydrogen-bond acceptors (Lipinski definition) is 12. The lowest BCUT2D eigenvalue weighted by molar-refractivity contribution is -0.116. The first kappa shape index (κ1) is 44.9. The van der Waals surface area contributed by atoms with Gasteiger partial charge in [-0.15, -0.1) is 0 Å². The molecule has 0 spiro atoms. The minimum absolute atomic E-state index is 0.0401. The highest BCUT2D eigenvalue weighted by atomic mass is 16.6. The minimum Gasteiger partial charge on any atom is -0.508 e. The van der Waals surface area contributed by atoms with Gasteiger partial charge in [0.1, 0.15) is 5.75 Å². The summed E-state index contributed by atoms with van der Waals surface area (Å²) in [5.41, 5.74) is 5.39. The van der Waals surface area contributed by atoms with Gasteiger partial charge in [0.2, 0.25) is 5.91 Å². The predicted molar refractivity (Wildman–Crippen MR) is 218 cm³/mol. The fourth-order valence-corrected chi connectivity index (χ4v) is 5.23. The van der Waals surface area contributed by atoms with Gasteiger partial charge in [0.05, 0.1) is 65.1 Å². The molecule has 0 bridgehead atoms. The zero-order valence-electron chi connectivity index (χ0n) is 32.2. The van der Waals surface area contributed by atoms with Gasteiger partial charge in [0, 0.05) is 60.7 Å². The van der Waals surface area contributed by atoms with Gasteiger partial charge in [0.25, 0.3) is 0 Å². The molecule has 0 heterocycles. The van der Waals surface area contributed by atoms with Gasteiger partial charge < -0.3 is 51.2 Å². The van der Waals surface area contributed by atoms with E-state index in [1.54, 1.807) is 48.7 Å². The second kappa shape index (κ2) is 28.9. The highest BCUT2D eigenvalue weighted by Gasteiger charge is 2.14. The van der Waals surface area contributed by atoms with Crippen LogP contribution in [0.3, 0.4) is 0 Å². The number of nitrogens with one attached hydrogen (secondary N) is 4. The summed E-state index contributed by atoms with van der Waals surface area (Å²) in [4.78, 5) is 28.6. The molecule has 0 radical (unpaired) electrons. The molecular weight excluding hydrogens is 716 g/mol. The van der Waals surface area contributed by atoms with Crippen molar-refractivity contribution in [1.29, 1.82) is 5.26 Å². The normalized spacial score (nSPS) is 12.3. The van der Waals surface area contributed by atoms with Crippen molar-refractivity contribution >= 4 is 35.2 Å². The molecule has 0 atom stereocenters. The fourth-order valence-electron chi connectivity index (χ4n) is 5.23. The van der Waals surface area contributed by atoms with Crippen LogP contribution in [0.25, 0.3) is 0 Å². The Kier molecular flexibility index (Phi) is 23.2. The Bertz CT molecular complexity index is 1640. The minimum atomic E-state index is -0.307. The lowest BCUT2D eigenvalue weighted by atomic mass is 9.89. The SMILES string of the molecule is N#CC#Cc1ccc(NC(=O)CCCNC(CCOCCOCCOCCOCCN=C/C(CCCCNC(=O)Nc2ccc(O)cc2)=N\N)=C2CCC2)cc1. The topological polar surface area (TPSA) is 214 Å². The number of carbonyl (C=O) groups excluding carboxylic acids is 2. The predicted octanol–water partition coefficient (Wildman–Crippen LogP) is 4.85. The summed E-state index contributed by atoms with van der Waals surface area (Å²) in [5.74, 6) is 10.7. The molecule has 1 saturated carbocycles. The lowest BCUT2D eigenvalue weighted by Crippen LogP contribution is -2.29. The van der Waals surface area contributed by atoms with Crippen molar-refractivity contribution in [3.8, 4) is 23.7 Å². The number of benzene rings is 2. The Balaban J connectivity index is 1.08. The number of nitrogens with two attached hydrogens (primary N) is 1. The van der Waals surface area contributed by atoms with E-state index in [0.29, 0.717) is 95.9 Å². The standard InChI is InChI=1S/C41H56N8O7/c42-20-4-6-33-11-13-35(14-12-33)47-40(51)10-5-22-45-39(34-7-3-8-34)19-24-53-26-28-55-30-31-56-29-27-54-25-23-44-32-37(49-43)9-1-2-21-46-41(52)48-36-15-17-38(50)18-16-36/h11-18,32,45,50H,1-3,5,7-10,19,21-31,43H2,(H,47,51)(H2,46,48,52)/b44-32?,49-37-. The maximum Gasteiger partial charge on any atom is 0.319 e. The lowest BCUT2D eigenvalue weighted by Gasteiger charge is -2.23. The maximum absolute atomic E-state index is 12.4. The molecule has 0 aromatic heterocycles. The van der Waals surface area contributed by atoms with Crippen LogP contribution in [-0.4, -0.2) is 101 Å². The van der Waals surface area contributed by atoms with Crippen LogP contribution in [0.4, 0.5) is 16.2 Å². The van der Waals surface area contributed by atoms with Gasteiger partial charge in [-0.1, -0.05) is 11.5 Å². The summed E-state index contributed by atoms with van der Waals surface area (Å²) in [6, 6.07) is 14.9. The number of aromatic hydroxyl groups is 1. The number of aliphatic imine (C=N–C) groups is 1. The van der Waals surface area contributed by atoms with E-state index < -0.39 is 0 Å². The van der Waals surface area contributed by atoms with Crippen LogP contribution in [0, 0.1) is 23.2 Å². The number of carbonyl (C=O) groups is 2. The monoisotopic (exact) mass is 772 g/mol. The first-order valence-electron chi connectivity index (χ1n) is 19.1. The zero-order valence-corrected chi connectivity index (χ0v) is 32.2. The van der Waals surface area contributed by atoms with Crippen LogP contribution in [0.15, 0.2) is 69.9 Å². The zero-order chi connectivity index (χ0) is 39.9. The number of unbranched alkanes of at least 4 members (excludes halogenated alkanes) is 1. The summed E-state index contributed by atoms with van der Waals surface area (Å²) >= 11 is 0. The van der Waals surface area contributed by atoms with Gasteiger partial charge in [-0.25, -0.2) is 4.79 Å². The van der Waals surface area contributed by atoms with Crippen molar-refractivity contribution in [3.63, 3.8) is 0 Å². The molecule has 1 fully saturated rings. The van der Waals surface area contributed by atoms with Gasteiger partial charge in [-0.2, -0.15) is 10.4 Å². The average Bonchev–Trinajstić information content (AvgIpc) is 3.18. The molecule has 56 heavy (non-hydrogen) atoms. The van der Waals surface area contributed by atoms with Gasteiger partial charge >= 0.3 is 6.03 Å². The van der Waals surface area contributed by atoms with E-state index in [0.717, 1.165) is 50.6 Å². The molecule has 302 valence electrons. The Morgan fingerprint density at radius 2 is 1.39 bits per heavy atom. The molecular formula is C41H56N8O7. The number of hydrazone groups is 1. The summed E-state index contributed by atoms with van der Waals surface area (Å²) in [6.07, 6.45) is 9.22. The molecule has 1 aliphatic carbocycles. The Morgan fingerprint density at radius 3 is 2.04 bits per heavy atom. The second-order valence-electron chi connectivity index (χ2n) is 12.7. The van der Waals surface area contributed by atoms with Crippen LogP contribution >= 0.6 is 0 Å². The summed E-state index contributed by atoms with van der Waals surface area (Å²) in [6.45, 7) is 5.63. The van der Waals surface area contributed by atoms with E-state index in [2.05, 4.69) is 43.2 Å². The van der Waals surface area contributed by atoms with Crippen molar-refractivity contribution in [2.24, 2.45) is 15.9 Å². The number of rotatable bonds is 28. The van der Waals surface area contributed by atoms with Crippen LogP contribution in [0.5, 0.6) is 5.75 Å². The highest BCUT2D eigenvalue weighted by Crippen LogP contribution is 2.29. The summed E-state index contributed by atoms with van der Waals surface area (Å²) in [5, 5.41) is 33.6. The molecule has 2 aromatic carbocycles. The molecule has 2 aromatic rings. The van der Waals surface area contributed by atoms with Crippen molar-refractivity contribution in [2.45, 2.75) is 57.8 Å². The van der Waals surface area contributed by atoms with Crippen molar-refractivity contribution in [1.82, 2.24) is 10.6 Å². The molecule has 15 heteroatoms. The van der Waals surface area contributed by atoms with Crippen LogP contribution in [0.2, 0.25) is 0 Å². The molecule has 0 unspecified atom stereocenters. The van der Waals surface area contributed by atoms with E-state index >= 15 is 0 Å². The van der Waals surface area contributed by atoms with Gasteiger partial charge in [0.15, 0.2) is 6.07 Å². The Labute approximate surface area is 330 Å². The van der Waals surface area contributed by atoms with E-state index in [-0.39, 0.29) is 17.7 Å². The number of ether oxygens (including phenoxy) is 4.